The number of methoxy groups -OCH3 is 1. The first kappa shape index (κ1) is 17.5. The minimum Gasteiger partial charge on any atom is -0.484 e. The molecular weight excluding hydrogens is 288 g/mol. The average molecular weight is 308 g/mol. The molecule has 0 aliphatic heterocycles. The predicted molar refractivity (Wildman–Crippen MR) is 79.5 cm³/mol. The van der Waals surface area contributed by atoms with E-state index in [-0.39, 0.29) is 19.0 Å². The topological polar surface area (TPSA) is 93.7 Å². The number of ether oxygens (including phenoxy) is 2. The van der Waals surface area contributed by atoms with Crippen LogP contribution < -0.4 is 15.4 Å². The summed E-state index contributed by atoms with van der Waals surface area (Å²) in [5.74, 6) is -0.392. The standard InChI is InChI=1S/C15H20N2O5/c1-3-8-16-15(20)17-13(18)10-22-12-6-4-11(5-7-12)9-14(19)21-2/h4-7H,3,8-10H2,1-2H3,(H2,16,17,18,20). The Morgan fingerprint density at radius 1 is 1.14 bits per heavy atom. The molecule has 0 radical (unpaired) electrons. The Morgan fingerprint density at radius 2 is 1.82 bits per heavy atom. The minimum absolute atomic E-state index is 0.175. The highest BCUT2D eigenvalue weighted by molar-refractivity contribution is 5.94. The molecule has 1 aromatic carbocycles. The Kier molecular flexibility index (Phi) is 7.45. The number of benzene rings is 1. The second-order valence-electron chi connectivity index (χ2n) is 4.49. The molecule has 1 aromatic rings. The van der Waals surface area contributed by atoms with Crippen LogP contribution in [-0.4, -0.2) is 38.2 Å². The van der Waals surface area contributed by atoms with Crippen LogP contribution in [0, 0.1) is 0 Å². The van der Waals surface area contributed by atoms with Crippen molar-refractivity contribution in [1.29, 1.82) is 0 Å². The van der Waals surface area contributed by atoms with E-state index in [1.807, 2.05) is 6.92 Å². The van der Waals surface area contributed by atoms with Gasteiger partial charge in [0.1, 0.15) is 5.75 Å². The molecule has 7 heteroatoms. The second kappa shape index (κ2) is 9.38. The first-order valence-corrected chi connectivity index (χ1v) is 6.91. The van der Waals surface area contributed by atoms with Crippen molar-refractivity contribution in [2.45, 2.75) is 19.8 Å². The fourth-order valence-electron chi connectivity index (χ4n) is 1.54. The predicted octanol–water partition coefficient (Wildman–Crippen LogP) is 1.02. The zero-order valence-corrected chi connectivity index (χ0v) is 12.7. The van der Waals surface area contributed by atoms with E-state index in [2.05, 4.69) is 15.4 Å². The fraction of sp³-hybridized carbons (Fsp3) is 0.400. The van der Waals surface area contributed by atoms with Gasteiger partial charge in [0.15, 0.2) is 6.61 Å². The zero-order chi connectivity index (χ0) is 16.4. The molecule has 0 aromatic heterocycles. The summed E-state index contributed by atoms with van der Waals surface area (Å²) >= 11 is 0. The Balaban J connectivity index is 2.36. The SMILES string of the molecule is CCCNC(=O)NC(=O)COc1ccc(CC(=O)OC)cc1. The lowest BCUT2D eigenvalue weighted by molar-refractivity contribution is -0.139. The smallest absolute Gasteiger partial charge is 0.321 e. The number of nitrogens with one attached hydrogen (secondary N) is 2. The fourth-order valence-corrected chi connectivity index (χ4v) is 1.54. The zero-order valence-electron chi connectivity index (χ0n) is 12.7. The number of carbonyl (C=O) groups excluding carboxylic acids is 3. The van der Waals surface area contributed by atoms with Crippen LogP contribution in [0.5, 0.6) is 5.75 Å². The summed E-state index contributed by atoms with van der Waals surface area (Å²) in [6.07, 6.45) is 0.963. The molecule has 0 atom stereocenters. The summed E-state index contributed by atoms with van der Waals surface area (Å²) in [6.45, 7) is 2.15. The van der Waals surface area contributed by atoms with Gasteiger partial charge >= 0.3 is 12.0 Å². The maximum atomic E-state index is 11.5. The number of imide groups is 1. The molecule has 0 unspecified atom stereocenters. The Morgan fingerprint density at radius 3 is 2.41 bits per heavy atom. The van der Waals surface area contributed by atoms with Crippen molar-refractivity contribution in [2.24, 2.45) is 0 Å². The van der Waals surface area contributed by atoms with Gasteiger partial charge in [-0.25, -0.2) is 4.79 Å². The van der Waals surface area contributed by atoms with Gasteiger partial charge in [-0.05, 0) is 24.1 Å². The molecule has 1 rings (SSSR count). The van der Waals surface area contributed by atoms with Crippen LogP contribution in [-0.2, 0) is 20.7 Å². The van der Waals surface area contributed by atoms with Crippen LogP contribution in [0.15, 0.2) is 24.3 Å². The molecule has 0 bridgehead atoms. The van der Waals surface area contributed by atoms with E-state index in [1.54, 1.807) is 24.3 Å². The summed E-state index contributed by atoms with van der Waals surface area (Å²) in [5, 5.41) is 4.68. The quantitative estimate of drug-likeness (QED) is 0.733. The monoisotopic (exact) mass is 308 g/mol. The molecule has 0 spiro atoms. The lowest BCUT2D eigenvalue weighted by atomic mass is 10.1. The molecule has 3 amide bonds. The van der Waals surface area contributed by atoms with Crippen LogP contribution in [0.1, 0.15) is 18.9 Å². The van der Waals surface area contributed by atoms with Crippen molar-refractivity contribution >= 4 is 17.9 Å². The number of hydrogen-bond acceptors (Lipinski definition) is 5. The third-order valence-corrected chi connectivity index (χ3v) is 2.66. The van der Waals surface area contributed by atoms with Crippen LogP contribution in [0.25, 0.3) is 0 Å². The van der Waals surface area contributed by atoms with Gasteiger partial charge in [0.25, 0.3) is 5.91 Å². The molecule has 22 heavy (non-hydrogen) atoms. The van der Waals surface area contributed by atoms with Crippen molar-refractivity contribution < 1.29 is 23.9 Å². The maximum Gasteiger partial charge on any atom is 0.321 e. The molecule has 0 heterocycles. The lowest BCUT2D eigenvalue weighted by Gasteiger charge is -2.08. The number of amides is 3. The molecule has 0 saturated heterocycles. The van der Waals surface area contributed by atoms with E-state index in [9.17, 15) is 14.4 Å². The largest absolute Gasteiger partial charge is 0.484 e. The number of urea groups is 1. The van der Waals surface area contributed by atoms with Gasteiger partial charge in [-0.15, -0.1) is 0 Å². The first-order chi connectivity index (χ1) is 10.5. The highest BCUT2D eigenvalue weighted by atomic mass is 16.5. The highest BCUT2D eigenvalue weighted by Crippen LogP contribution is 2.12. The second-order valence-corrected chi connectivity index (χ2v) is 4.49. The van der Waals surface area contributed by atoms with E-state index in [1.165, 1.54) is 7.11 Å². The lowest BCUT2D eigenvalue weighted by Crippen LogP contribution is -2.41. The summed E-state index contributed by atoms with van der Waals surface area (Å²) in [5.41, 5.74) is 0.780. The van der Waals surface area contributed by atoms with Gasteiger partial charge in [-0.1, -0.05) is 19.1 Å². The minimum atomic E-state index is -0.538. The molecular formula is C15H20N2O5. The van der Waals surface area contributed by atoms with E-state index in [0.717, 1.165) is 12.0 Å². The van der Waals surface area contributed by atoms with Crippen molar-refractivity contribution in [3.63, 3.8) is 0 Å². The molecule has 0 aliphatic rings. The number of carbonyl (C=O) groups is 3. The van der Waals surface area contributed by atoms with Gasteiger partial charge in [0.05, 0.1) is 13.5 Å². The molecule has 0 aliphatic carbocycles. The Bertz CT molecular complexity index is 513. The third kappa shape index (κ3) is 6.74. The van der Waals surface area contributed by atoms with Gasteiger partial charge in [-0.2, -0.15) is 0 Å². The Hall–Kier alpha value is -2.57. The van der Waals surface area contributed by atoms with Crippen LogP contribution in [0.3, 0.4) is 0 Å². The van der Waals surface area contributed by atoms with E-state index < -0.39 is 11.9 Å². The third-order valence-electron chi connectivity index (χ3n) is 2.66. The molecule has 120 valence electrons. The van der Waals surface area contributed by atoms with Crippen LogP contribution in [0.2, 0.25) is 0 Å². The number of esters is 1. The van der Waals surface area contributed by atoms with Gasteiger partial charge in [0.2, 0.25) is 0 Å². The summed E-state index contributed by atoms with van der Waals surface area (Å²) < 4.78 is 9.82. The summed E-state index contributed by atoms with van der Waals surface area (Å²) in [4.78, 5) is 33.9. The summed E-state index contributed by atoms with van der Waals surface area (Å²) in [6, 6.07) is 6.16. The van der Waals surface area contributed by atoms with Crippen molar-refractivity contribution in [1.82, 2.24) is 10.6 Å². The van der Waals surface area contributed by atoms with Crippen molar-refractivity contribution in [3.8, 4) is 5.75 Å². The van der Waals surface area contributed by atoms with Crippen molar-refractivity contribution in [3.05, 3.63) is 29.8 Å². The van der Waals surface area contributed by atoms with Gasteiger partial charge < -0.3 is 14.8 Å². The van der Waals surface area contributed by atoms with Crippen molar-refractivity contribution in [2.75, 3.05) is 20.3 Å². The highest BCUT2D eigenvalue weighted by Gasteiger charge is 2.08. The number of rotatable bonds is 7. The first-order valence-electron chi connectivity index (χ1n) is 6.91. The Labute approximate surface area is 129 Å². The van der Waals surface area contributed by atoms with Crippen LogP contribution in [0.4, 0.5) is 4.79 Å². The molecule has 7 nitrogen and oxygen atoms in total. The molecule has 0 fully saturated rings. The normalized spacial score (nSPS) is 9.73. The van der Waals surface area contributed by atoms with Gasteiger partial charge in [-0.3, -0.25) is 14.9 Å². The van der Waals surface area contributed by atoms with E-state index in [0.29, 0.717) is 12.3 Å². The summed E-state index contributed by atoms with van der Waals surface area (Å²) in [7, 11) is 1.33. The number of hydrogen-bond donors (Lipinski definition) is 2. The molecule has 0 saturated carbocycles. The molecule has 2 N–H and O–H groups in total. The van der Waals surface area contributed by atoms with Gasteiger partial charge in [0, 0.05) is 6.54 Å². The van der Waals surface area contributed by atoms with Crippen LogP contribution >= 0.6 is 0 Å². The van der Waals surface area contributed by atoms with E-state index in [4.69, 9.17) is 4.74 Å². The van der Waals surface area contributed by atoms with E-state index >= 15 is 0 Å². The maximum absolute atomic E-state index is 11.5. The average Bonchev–Trinajstić information content (AvgIpc) is 2.52.